The molecule has 0 fully saturated rings. The number of halogens is 4. The van der Waals surface area contributed by atoms with E-state index in [-0.39, 0.29) is 18.5 Å². The van der Waals surface area contributed by atoms with Gasteiger partial charge >= 0.3 is 6.18 Å². The fraction of sp³-hybridized carbons (Fsp3) is 0.385. The summed E-state index contributed by atoms with van der Waals surface area (Å²) < 4.78 is 38.0. The summed E-state index contributed by atoms with van der Waals surface area (Å²) in [6.45, 7) is 0.118. The highest BCUT2D eigenvalue weighted by Gasteiger charge is 2.33. The molecule has 20 heavy (non-hydrogen) atoms. The first-order valence-electron chi connectivity index (χ1n) is 5.74. The van der Waals surface area contributed by atoms with Crippen LogP contribution in [0.5, 0.6) is 0 Å². The van der Waals surface area contributed by atoms with Crippen LogP contribution in [0.25, 0.3) is 0 Å². The average Bonchev–Trinajstić information content (AvgIpc) is 2.35. The Labute approximate surface area is 123 Å². The third kappa shape index (κ3) is 4.53. The topological polar surface area (TPSA) is 44.1 Å². The highest BCUT2D eigenvalue weighted by molar-refractivity contribution is 9.10. The quantitative estimate of drug-likeness (QED) is 0.833. The van der Waals surface area contributed by atoms with E-state index in [1.807, 2.05) is 0 Å². The van der Waals surface area contributed by atoms with Crippen molar-refractivity contribution in [1.29, 1.82) is 5.26 Å². The first-order chi connectivity index (χ1) is 9.26. The second kappa shape index (κ2) is 6.75. The van der Waals surface area contributed by atoms with Crippen LogP contribution in [0.3, 0.4) is 0 Å². The van der Waals surface area contributed by atoms with Crippen molar-refractivity contribution < 1.29 is 18.0 Å². The van der Waals surface area contributed by atoms with Gasteiger partial charge in [0.25, 0.3) is 5.91 Å². The van der Waals surface area contributed by atoms with Crippen LogP contribution in [0.1, 0.15) is 22.3 Å². The van der Waals surface area contributed by atoms with Crippen LogP contribution in [0.2, 0.25) is 0 Å². The number of carbonyl (C=O) groups excluding carboxylic acids is 1. The third-order valence-electron chi connectivity index (χ3n) is 2.57. The lowest BCUT2D eigenvalue weighted by Gasteiger charge is -2.23. The molecule has 0 spiro atoms. The van der Waals surface area contributed by atoms with Gasteiger partial charge in [-0.1, -0.05) is 12.1 Å². The van der Waals surface area contributed by atoms with Crippen molar-refractivity contribution in [2.24, 2.45) is 0 Å². The number of aryl methyl sites for hydroxylation is 1. The molecule has 0 bridgehead atoms. The molecule has 0 aliphatic heterocycles. The summed E-state index contributed by atoms with van der Waals surface area (Å²) in [5.74, 6) is -0.742. The van der Waals surface area contributed by atoms with E-state index in [0.717, 1.165) is 5.56 Å². The molecular formula is C13H12BrF3N2O. The first-order valence-corrected chi connectivity index (χ1v) is 6.53. The Morgan fingerprint density at radius 3 is 2.65 bits per heavy atom. The molecule has 7 heteroatoms. The number of rotatable bonds is 4. The summed E-state index contributed by atoms with van der Waals surface area (Å²) in [5.41, 5.74) is 0.912. The number of benzene rings is 1. The van der Waals surface area contributed by atoms with E-state index >= 15 is 0 Å². The Bertz CT molecular complexity index is 537. The SMILES string of the molecule is Cc1cccc(C(=O)N(CCC#N)CC(F)(F)F)c1Br. The molecule has 0 atom stereocenters. The van der Waals surface area contributed by atoms with Gasteiger partial charge in [-0.15, -0.1) is 0 Å². The maximum Gasteiger partial charge on any atom is 0.406 e. The van der Waals surface area contributed by atoms with Crippen LogP contribution in [0.15, 0.2) is 22.7 Å². The van der Waals surface area contributed by atoms with Gasteiger partial charge in [0.15, 0.2) is 0 Å². The van der Waals surface area contributed by atoms with E-state index in [4.69, 9.17) is 5.26 Å². The van der Waals surface area contributed by atoms with Crippen molar-refractivity contribution in [3.05, 3.63) is 33.8 Å². The van der Waals surface area contributed by atoms with Crippen molar-refractivity contribution in [3.8, 4) is 6.07 Å². The van der Waals surface area contributed by atoms with Gasteiger partial charge in [0.05, 0.1) is 18.1 Å². The van der Waals surface area contributed by atoms with E-state index < -0.39 is 18.6 Å². The van der Waals surface area contributed by atoms with Crippen LogP contribution in [-0.2, 0) is 0 Å². The Kier molecular flexibility index (Phi) is 5.57. The van der Waals surface area contributed by atoms with E-state index in [9.17, 15) is 18.0 Å². The van der Waals surface area contributed by atoms with Crippen molar-refractivity contribution in [3.63, 3.8) is 0 Å². The number of alkyl halides is 3. The monoisotopic (exact) mass is 348 g/mol. The average molecular weight is 349 g/mol. The molecule has 0 unspecified atom stereocenters. The minimum absolute atomic E-state index is 0.148. The Morgan fingerprint density at radius 2 is 2.10 bits per heavy atom. The minimum atomic E-state index is -4.50. The molecule has 108 valence electrons. The smallest absolute Gasteiger partial charge is 0.328 e. The predicted molar refractivity (Wildman–Crippen MR) is 71.1 cm³/mol. The molecule has 0 aromatic heterocycles. The normalized spacial score (nSPS) is 11.0. The van der Waals surface area contributed by atoms with Gasteiger partial charge in [0.2, 0.25) is 0 Å². The van der Waals surface area contributed by atoms with E-state index in [1.165, 1.54) is 6.07 Å². The van der Waals surface area contributed by atoms with E-state index in [1.54, 1.807) is 25.1 Å². The zero-order valence-electron chi connectivity index (χ0n) is 10.7. The van der Waals surface area contributed by atoms with Crippen LogP contribution >= 0.6 is 15.9 Å². The summed E-state index contributed by atoms with van der Waals surface area (Å²) >= 11 is 3.20. The van der Waals surface area contributed by atoms with Crippen molar-refractivity contribution in [2.45, 2.75) is 19.5 Å². The molecule has 0 heterocycles. The van der Waals surface area contributed by atoms with Gasteiger partial charge in [0.1, 0.15) is 6.54 Å². The molecule has 0 aliphatic carbocycles. The lowest BCUT2D eigenvalue weighted by atomic mass is 10.1. The van der Waals surface area contributed by atoms with Crippen LogP contribution in [0, 0.1) is 18.3 Å². The lowest BCUT2D eigenvalue weighted by Crippen LogP contribution is -2.39. The van der Waals surface area contributed by atoms with Gasteiger partial charge in [-0.05, 0) is 34.5 Å². The molecule has 0 saturated heterocycles. The summed E-state index contributed by atoms with van der Waals surface area (Å²) in [7, 11) is 0. The highest BCUT2D eigenvalue weighted by Crippen LogP contribution is 2.24. The fourth-order valence-corrected chi connectivity index (χ4v) is 2.07. The number of nitrogens with zero attached hydrogens (tertiary/aromatic N) is 2. The fourth-order valence-electron chi connectivity index (χ4n) is 1.64. The largest absolute Gasteiger partial charge is 0.406 e. The maximum atomic E-state index is 12.5. The van der Waals surface area contributed by atoms with Crippen LogP contribution in [-0.4, -0.2) is 30.1 Å². The van der Waals surface area contributed by atoms with Crippen molar-refractivity contribution in [2.75, 3.05) is 13.1 Å². The summed E-state index contributed by atoms with van der Waals surface area (Å²) in [6, 6.07) is 6.54. The van der Waals surface area contributed by atoms with Gasteiger partial charge in [-0.3, -0.25) is 4.79 Å². The first kappa shape index (κ1) is 16.5. The summed E-state index contributed by atoms with van der Waals surface area (Å²) in [5, 5.41) is 8.49. The van der Waals surface area contributed by atoms with Gasteiger partial charge in [0, 0.05) is 11.0 Å². The van der Waals surface area contributed by atoms with Crippen LogP contribution < -0.4 is 0 Å². The molecule has 0 N–H and O–H groups in total. The van der Waals surface area contributed by atoms with Gasteiger partial charge in [-0.2, -0.15) is 18.4 Å². The number of hydrogen-bond acceptors (Lipinski definition) is 2. The Balaban J connectivity index is 3.04. The molecule has 0 saturated carbocycles. The number of carbonyl (C=O) groups is 1. The molecule has 1 aromatic rings. The zero-order valence-corrected chi connectivity index (χ0v) is 12.3. The molecule has 1 rings (SSSR count). The molecular weight excluding hydrogens is 337 g/mol. The minimum Gasteiger partial charge on any atom is -0.328 e. The summed E-state index contributed by atoms with van der Waals surface area (Å²) in [6.07, 6.45) is -4.65. The van der Waals surface area contributed by atoms with E-state index in [0.29, 0.717) is 9.37 Å². The Morgan fingerprint density at radius 1 is 1.45 bits per heavy atom. The van der Waals surface area contributed by atoms with E-state index in [2.05, 4.69) is 15.9 Å². The van der Waals surface area contributed by atoms with Crippen molar-refractivity contribution >= 4 is 21.8 Å². The highest BCUT2D eigenvalue weighted by atomic mass is 79.9. The molecule has 0 aliphatic rings. The maximum absolute atomic E-state index is 12.5. The molecule has 1 amide bonds. The van der Waals surface area contributed by atoms with Gasteiger partial charge < -0.3 is 4.90 Å². The molecule has 3 nitrogen and oxygen atoms in total. The Hall–Kier alpha value is -1.55. The van der Waals surface area contributed by atoms with Crippen LogP contribution in [0.4, 0.5) is 13.2 Å². The second-order valence-corrected chi connectivity index (χ2v) is 4.98. The third-order valence-corrected chi connectivity index (χ3v) is 3.63. The zero-order chi connectivity index (χ0) is 15.3. The lowest BCUT2D eigenvalue weighted by molar-refractivity contribution is -0.140. The predicted octanol–water partition coefficient (Wildman–Crippen LogP) is 3.68. The van der Waals surface area contributed by atoms with Crippen molar-refractivity contribution in [1.82, 2.24) is 4.90 Å². The number of amides is 1. The standard InChI is InChI=1S/C13H12BrF3N2O/c1-9-4-2-5-10(11(9)14)12(20)19(7-3-6-18)8-13(15,16)17/h2,4-5H,3,7-8H2,1H3. The number of hydrogen-bond donors (Lipinski definition) is 0. The molecule has 0 radical (unpaired) electrons. The molecule has 1 aromatic carbocycles. The van der Waals surface area contributed by atoms with Gasteiger partial charge in [-0.25, -0.2) is 0 Å². The second-order valence-electron chi connectivity index (χ2n) is 4.19. The number of nitriles is 1. The summed E-state index contributed by atoms with van der Waals surface area (Å²) in [4.78, 5) is 12.8.